The summed E-state index contributed by atoms with van der Waals surface area (Å²) in [7, 11) is 1.91. The number of fused-ring (bicyclic) bond motifs is 1. The lowest BCUT2D eigenvalue weighted by molar-refractivity contribution is -0.0597. The molecule has 0 aromatic carbocycles. The first kappa shape index (κ1) is 11.2. The average molecular weight is 236 g/mol. The van der Waals surface area contributed by atoms with Crippen molar-refractivity contribution in [3.8, 4) is 0 Å². The van der Waals surface area contributed by atoms with E-state index in [0.717, 1.165) is 18.7 Å². The summed E-state index contributed by atoms with van der Waals surface area (Å²) in [6.45, 7) is 2.99. The molecule has 0 bridgehead atoms. The Kier molecular flexibility index (Phi) is 2.90. The maximum Gasteiger partial charge on any atom is 0.0896 e. The molecule has 2 N–H and O–H groups in total. The first-order valence-corrected chi connectivity index (χ1v) is 6.34. The molecule has 5 heteroatoms. The fraction of sp³-hybridized carbons (Fsp3) is 0.750. The number of ether oxygens (including phenoxy) is 1. The van der Waals surface area contributed by atoms with Crippen molar-refractivity contribution < 1.29 is 4.74 Å². The molecule has 2 fully saturated rings. The predicted molar refractivity (Wildman–Crippen MR) is 64.5 cm³/mol. The van der Waals surface area contributed by atoms with Crippen LogP contribution in [0.15, 0.2) is 12.4 Å². The van der Waals surface area contributed by atoms with Gasteiger partial charge in [-0.3, -0.25) is 9.58 Å². The molecule has 3 rings (SSSR count). The van der Waals surface area contributed by atoms with E-state index >= 15 is 0 Å². The molecule has 2 aliphatic heterocycles. The maximum absolute atomic E-state index is 6.26. The second-order valence-corrected chi connectivity index (χ2v) is 5.14. The summed E-state index contributed by atoms with van der Waals surface area (Å²) in [5.41, 5.74) is 7.33. The van der Waals surface area contributed by atoms with Gasteiger partial charge in [0.1, 0.15) is 0 Å². The minimum atomic E-state index is -0.0646. The molecule has 2 saturated heterocycles. The van der Waals surface area contributed by atoms with Crippen molar-refractivity contribution in [3.05, 3.63) is 18.0 Å². The fourth-order valence-electron chi connectivity index (χ4n) is 2.89. The molecule has 3 heterocycles. The first-order chi connectivity index (χ1) is 8.24. The lowest BCUT2D eigenvalue weighted by atomic mass is 10.0. The van der Waals surface area contributed by atoms with Crippen LogP contribution in [0.2, 0.25) is 0 Å². The van der Waals surface area contributed by atoms with Crippen molar-refractivity contribution in [3.63, 3.8) is 0 Å². The van der Waals surface area contributed by atoms with E-state index in [4.69, 9.17) is 10.5 Å². The fourth-order valence-corrected chi connectivity index (χ4v) is 2.89. The van der Waals surface area contributed by atoms with Gasteiger partial charge in [-0.05, 0) is 19.4 Å². The number of hydrogen-bond acceptors (Lipinski definition) is 4. The average Bonchev–Trinajstić information content (AvgIpc) is 2.95. The van der Waals surface area contributed by atoms with Crippen LogP contribution < -0.4 is 5.73 Å². The topological polar surface area (TPSA) is 56.3 Å². The number of nitrogens with zero attached hydrogens (tertiary/aromatic N) is 3. The zero-order chi connectivity index (χ0) is 11.8. The van der Waals surface area contributed by atoms with Gasteiger partial charge in [0.15, 0.2) is 0 Å². The second-order valence-electron chi connectivity index (χ2n) is 5.14. The van der Waals surface area contributed by atoms with E-state index in [1.165, 1.54) is 19.4 Å². The Labute approximate surface area is 102 Å². The smallest absolute Gasteiger partial charge is 0.0896 e. The summed E-state index contributed by atoms with van der Waals surface area (Å²) in [6.07, 6.45) is 6.49. The molecule has 0 amide bonds. The van der Waals surface area contributed by atoms with Crippen LogP contribution in [-0.2, 0) is 11.8 Å². The van der Waals surface area contributed by atoms with E-state index in [0.29, 0.717) is 6.04 Å². The quantitative estimate of drug-likeness (QED) is 0.801. The minimum absolute atomic E-state index is 0.0646. The molecule has 0 saturated carbocycles. The molecule has 94 valence electrons. The van der Waals surface area contributed by atoms with Gasteiger partial charge < -0.3 is 10.5 Å². The molecular formula is C12H20N4O. The van der Waals surface area contributed by atoms with Gasteiger partial charge in [-0.25, -0.2) is 0 Å². The molecule has 5 nitrogen and oxygen atoms in total. The Hall–Kier alpha value is -0.910. The Morgan fingerprint density at radius 1 is 1.59 bits per heavy atom. The Morgan fingerprint density at radius 3 is 3.24 bits per heavy atom. The molecular weight excluding hydrogens is 216 g/mol. The van der Waals surface area contributed by atoms with Crippen molar-refractivity contribution >= 4 is 0 Å². The summed E-state index contributed by atoms with van der Waals surface area (Å²) >= 11 is 0. The van der Waals surface area contributed by atoms with Crippen LogP contribution in [0, 0.1) is 0 Å². The summed E-state index contributed by atoms with van der Waals surface area (Å²) in [5, 5.41) is 4.17. The first-order valence-electron chi connectivity index (χ1n) is 6.34. The number of nitrogens with two attached hydrogens (primary N) is 1. The van der Waals surface area contributed by atoms with Crippen LogP contribution in [0.5, 0.6) is 0 Å². The predicted octanol–water partition coefficient (Wildman–Crippen LogP) is 0.283. The van der Waals surface area contributed by atoms with Crippen molar-refractivity contribution in [2.24, 2.45) is 12.8 Å². The van der Waals surface area contributed by atoms with Crippen molar-refractivity contribution in [1.29, 1.82) is 0 Å². The third-order valence-electron chi connectivity index (χ3n) is 3.93. The van der Waals surface area contributed by atoms with Gasteiger partial charge in [0.25, 0.3) is 0 Å². The molecule has 1 aromatic rings. The van der Waals surface area contributed by atoms with Crippen LogP contribution in [0.1, 0.15) is 24.4 Å². The van der Waals surface area contributed by atoms with E-state index in [1.807, 2.05) is 19.4 Å². The van der Waals surface area contributed by atoms with Crippen LogP contribution in [-0.4, -0.2) is 46.5 Å². The van der Waals surface area contributed by atoms with E-state index in [1.54, 1.807) is 4.68 Å². The zero-order valence-corrected chi connectivity index (χ0v) is 10.2. The van der Waals surface area contributed by atoms with E-state index in [9.17, 15) is 0 Å². The van der Waals surface area contributed by atoms with Gasteiger partial charge in [0, 0.05) is 31.4 Å². The van der Waals surface area contributed by atoms with Gasteiger partial charge >= 0.3 is 0 Å². The van der Waals surface area contributed by atoms with Gasteiger partial charge in [-0.1, -0.05) is 0 Å². The standard InChI is InChI=1S/C12H20N4O/c1-15-6-9(5-14-15)12(13)11-7-16-4-2-3-10(16)8-17-11/h5-6,10-12H,2-4,7-8,13H2,1H3. The minimum Gasteiger partial charge on any atom is -0.373 e. The Bertz CT molecular complexity index is 392. The number of hydrogen-bond donors (Lipinski definition) is 1. The molecule has 17 heavy (non-hydrogen) atoms. The molecule has 3 unspecified atom stereocenters. The molecule has 2 aliphatic rings. The highest BCUT2D eigenvalue weighted by atomic mass is 16.5. The monoisotopic (exact) mass is 236 g/mol. The zero-order valence-electron chi connectivity index (χ0n) is 10.2. The maximum atomic E-state index is 6.26. The van der Waals surface area contributed by atoms with Crippen molar-refractivity contribution in [2.45, 2.75) is 31.0 Å². The van der Waals surface area contributed by atoms with Crippen LogP contribution in [0.3, 0.4) is 0 Å². The van der Waals surface area contributed by atoms with Crippen molar-refractivity contribution in [2.75, 3.05) is 19.7 Å². The molecule has 3 atom stereocenters. The van der Waals surface area contributed by atoms with Crippen molar-refractivity contribution in [1.82, 2.24) is 14.7 Å². The second kappa shape index (κ2) is 4.40. The Balaban J connectivity index is 1.68. The number of morpholine rings is 1. The highest BCUT2D eigenvalue weighted by molar-refractivity contribution is 5.12. The number of aryl methyl sites for hydroxylation is 1. The van der Waals surface area contributed by atoms with Crippen LogP contribution in [0.25, 0.3) is 0 Å². The van der Waals surface area contributed by atoms with Crippen LogP contribution in [0.4, 0.5) is 0 Å². The van der Waals surface area contributed by atoms with Gasteiger partial charge in [-0.2, -0.15) is 5.10 Å². The van der Waals surface area contributed by atoms with E-state index < -0.39 is 0 Å². The summed E-state index contributed by atoms with van der Waals surface area (Å²) in [6, 6.07) is 0.567. The summed E-state index contributed by atoms with van der Waals surface area (Å²) in [5.74, 6) is 0. The third kappa shape index (κ3) is 2.10. The lowest BCUT2D eigenvalue weighted by Gasteiger charge is -2.37. The van der Waals surface area contributed by atoms with E-state index in [2.05, 4.69) is 10.00 Å². The largest absolute Gasteiger partial charge is 0.373 e. The van der Waals surface area contributed by atoms with Gasteiger partial charge in [-0.15, -0.1) is 0 Å². The van der Waals surface area contributed by atoms with Gasteiger partial charge in [0.2, 0.25) is 0 Å². The Morgan fingerprint density at radius 2 is 2.47 bits per heavy atom. The summed E-state index contributed by atoms with van der Waals surface area (Å²) < 4.78 is 7.70. The molecule has 0 spiro atoms. The van der Waals surface area contributed by atoms with Crippen LogP contribution >= 0.6 is 0 Å². The lowest BCUT2D eigenvalue weighted by Crippen LogP contribution is -2.49. The highest BCUT2D eigenvalue weighted by Crippen LogP contribution is 2.27. The number of rotatable bonds is 2. The SMILES string of the molecule is Cn1cc(C(N)C2CN3CCCC3CO2)cn1. The normalized spacial score (nSPS) is 31.4. The third-order valence-corrected chi connectivity index (χ3v) is 3.93. The highest BCUT2D eigenvalue weighted by Gasteiger charge is 2.35. The number of aromatic nitrogens is 2. The summed E-state index contributed by atoms with van der Waals surface area (Å²) in [4.78, 5) is 2.52. The van der Waals surface area contributed by atoms with E-state index in [-0.39, 0.29) is 12.1 Å². The molecule has 0 radical (unpaired) electrons. The van der Waals surface area contributed by atoms with Gasteiger partial charge in [0.05, 0.1) is 24.9 Å². The molecule has 0 aliphatic carbocycles. The molecule has 1 aromatic heterocycles.